The standard InChI is InChI=1S/C15H27N5O4S/c1-18-12-15(16-13-18)25(21,22)17-14(10-19-2-6-23-7-3-19)11-20-4-8-24-9-5-20/h12-14,17H,2-11H2,1H3. The molecule has 25 heavy (non-hydrogen) atoms. The second-order valence-electron chi connectivity index (χ2n) is 6.52. The molecule has 0 radical (unpaired) electrons. The first kappa shape index (κ1) is 18.7. The highest BCUT2D eigenvalue weighted by Gasteiger charge is 2.26. The van der Waals surface area contributed by atoms with E-state index in [-0.39, 0.29) is 11.1 Å². The van der Waals surface area contributed by atoms with E-state index in [0.717, 1.165) is 26.2 Å². The van der Waals surface area contributed by atoms with Gasteiger partial charge in [-0.3, -0.25) is 9.80 Å². The number of rotatable bonds is 7. The van der Waals surface area contributed by atoms with Gasteiger partial charge in [0.15, 0.2) is 5.03 Å². The minimum atomic E-state index is -3.64. The SMILES string of the molecule is Cn1cnc(S(=O)(=O)NC(CN2CCOCC2)CN2CCOCC2)c1. The van der Waals surface area contributed by atoms with Crippen LogP contribution in [0.3, 0.4) is 0 Å². The zero-order chi connectivity index (χ0) is 17.7. The van der Waals surface area contributed by atoms with E-state index in [2.05, 4.69) is 19.5 Å². The smallest absolute Gasteiger partial charge is 0.259 e. The Morgan fingerprint density at radius 1 is 1.08 bits per heavy atom. The summed E-state index contributed by atoms with van der Waals surface area (Å²) in [5.41, 5.74) is 0. The van der Waals surface area contributed by atoms with Gasteiger partial charge in [0.1, 0.15) is 0 Å². The lowest BCUT2D eigenvalue weighted by molar-refractivity contribution is 0.0196. The summed E-state index contributed by atoms with van der Waals surface area (Å²) in [5.74, 6) is 0. The molecule has 0 aromatic carbocycles. The molecule has 3 heterocycles. The van der Waals surface area contributed by atoms with E-state index in [1.165, 1.54) is 12.5 Å². The minimum absolute atomic E-state index is 0.0592. The number of morpholine rings is 2. The summed E-state index contributed by atoms with van der Waals surface area (Å²) in [6.07, 6.45) is 3.01. The summed E-state index contributed by atoms with van der Waals surface area (Å²) in [4.78, 5) is 8.47. The number of nitrogens with zero attached hydrogens (tertiary/aromatic N) is 4. The monoisotopic (exact) mass is 373 g/mol. The van der Waals surface area contributed by atoms with E-state index in [4.69, 9.17) is 9.47 Å². The van der Waals surface area contributed by atoms with Gasteiger partial charge < -0.3 is 14.0 Å². The third-order valence-electron chi connectivity index (χ3n) is 4.44. The van der Waals surface area contributed by atoms with Crippen LogP contribution in [0.4, 0.5) is 0 Å². The van der Waals surface area contributed by atoms with Crippen molar-refractivity contribution in [2.24, 2.45) is 7.05 Å². The molecule has 2 aliphatic rings. The molecule has 0 saturated carbocycles. The van der Waals surface area contributed by atoms with Crippen molar-refractivity contribution in [3.8, 4) is 0 Å². The van der Waals surface area contributed by atoms with E-state index in [1.54, 1.807) is 11.6 Å². The lowest BCUT2D eigenvalue weighted by atomic mass is 10.2. The average Bonchev–Trinajstić information content (AvgIpc) is 3.04. The van der Waals surface area contributed by atoms with Crippen molar-refractivity contribution in [2.75, 3.05) is 65.7 Å². The van der Waals surface area contributed by atoms with Gasteiger partial charge in [-0.2, -0.15) is 0 Å². The number of hydrogen-bond acceptors (Lipinski definition) is 7. The van der Waals surface area contributed by atoms with Gasteiger partial charge in [-0.1, -0.05) is 0 Å². The van der Waals surface area contributed by atoms with Crippen LogP contribution in [0.1, 0.15) is 0 Å². The van der Waals surface area contributed by atoms with Crippen LogP contribution in [-0.2, 0) is 26.5 Å². The first-order chi connectivity index (χ1) is 12.0. The highest BCUT2D eigenvalue weighted by Crippen LogP contribution is 2.09. The van der Waals surface area contributed by atoms with E-state index < -0.39 is 10.0 Å². The minimum Gasteiger partial charge on any atom is -0.379 e. The van der Waals surface area contributed by atoms with Crippen molar-refractivity contribution in [1.29, 1.82) is 0 Å². The van der Waals surface area contributed by atoms with Crippen molar-refractivity contribution in [2.45, 2.75) is 11.1 Å². The Kier molecular flexibility index (Phi) is 6.42. The van der Waals surface area contributed by atoms with E-state index in [9.17, 15) is 8.42 Å². The summed E-state index contributed by atoms with van der Waals surface area (Å²) >= 11 is 0. The number of aromatic nitrogens is 2. The number of imidazole rings is 1. The van der Waals surface area contributed by atoms with Gasteiger partial charge in [-0.25, -0.2) is 18.1 Å². The predicted molar refractivity (Wildman–Crippen MR) is 91.8 cm³/mol. The summed E-state index contributed by atoms with van der Waals surface area (Å²) in [7, 11) is -1.88. The third kappa shape index (κ3) is 5.47. The molecule has 0 unspecified atom stereocenters. The number of aryl methyl sites for hydroxylation is 1. The maximum Gasteiger partial charge on any atom is 0.259 e. The molecule has 2 aliphatic heterocycles. The normalized spacial score (nSPS) is 21.0. The van der Waals surface area contributed by atoms with E-state index in [1.807, 2.05) is 0 Å². The molecule has 1 N–H and O–H groups in total. The molecule has 2 saturated heterocycles. The molecule has 9 nitrogen and oxygen atoms in total. The van der Waals surface area contributed by atoms with Crippen LogP contribution in [0, 0.1) is 0 Å². The van der Waals surface area contributed by atoms with Gasteiger partial charge >= 0.3 is 0 Å². The van der Waals surface area contributed by atoms with Crippen LogP contribution in [-0.4, -0.2) is 99.5 Å². The Morgan fingerprint density at radius 3 is 2.04 bits per heavy atom. The molecule has 0 spiro atoms. The van der Waals surface area contributed by atoms with E-state index in [0.29, 0.717) is 39.5 Å². The summed E-state index contributed by atoms with van der Waals surface area (Å²) in [6, 6.07) is -0.205. The molecule has 142 valence electrons. The van der Waals surface area contributed by atoms with Crippen LogP contribution < -0.4 is 4.72 Å². The number of hydrogen-bond donors (Lipinski definition) is 1. The molecule has 1 aromatic rings. The third-order valence-corrected chi connectivity index (χ3v) is 5.85. The molecule has 2 fully saturated rings. The van der Waals surface area contributed by atoms with Crippen LogP contribution in [0.5, 0.6) is 0 Å². The van der Waals surface area contributed by atoms with E-state index >= 15 is 0 Å². The van der Waals surface area contributed by atoms with Gasteiger partial charge in [0.25, 0.3) is 10.0 Å². The van der Waals surface area contributed by atoms with Gasteiger partial charge in [0.05, 0.1) is 32.8 Å². The Hall–Kier alpha value is -1.04. The predicted octanol–water partition coefficient (Wildman–Crippen LogP) is -1.27. The van der Waals surface area contributed by atoms with Gasteiger partial charge in [0, 0.05) is 58.6 Å². The van der Waals surface area contributed by atoms with Crippen molar-refractivity contribution < 1.29 is 17.9 Å². The molecule has 3 rings (SSSR count). The molecular formula is C15H27N5O4S. The molecule has 0 atom stereocenters. The lowest BCUT2D eigenvalue weighted by Gasteiger charge is -2.34. The van der Waals surface area contributed by atoms with Gasteiger partial charge in [0.2, 0.25) is 0 Å². The van der Waals surface area contributed by atoms with Crippen LogP contribution in [0.2, 0.25) is 0 Å². The summed E-state index contributed by atoms with van der Waals surface area (Å²) in [6.45, 7) is 7.38. The highest BCUT2D eigenvalue weighted by atomic mass is 32.2. The molecular weight excluding hydrogens is 346 g/mol. The van der Waals surface area contributed by atoms with Crippen LogP contribution >= 0.6 is 0 Å². The summed E-state index contributed by atoms with van der Waals surface area (Å²) in [5, 5.41) is 0.0592. The number of nitrogens with one attached hydrogen (secondary N) is 1. The molecule has 1 aromatic heterocycles. The number of sulfonamides is 1. The lowest BCUT2D eigenvalue weighted by Crippen LogP contribution is -2.53. The highest BCUT2D eigenvalue weighted by molar-refractivity contribution is 7.89. The van der Waals surface area contributed by atoms with Crippen molar-refractivity contribution in [3.63, 3.8) is 0 Å². The van der Waals surface area contributed by atoms with Crippen LogP contribution in [0.15, 0.2) is 17.6 Å². The van der Waals surface area contributed by atoms with Crippen molar-refractivity contribution in [1.82, 2.24) is 24.1 Å². The Bertz CT molecular complexity index is 618. The summed E-state index contributed by atoms with van der Waals surface area (Å²) < 4.78 is 40.6. The molecule has 10 heteroatoms. The van der Waals surface area contributed by atoms with Crippen molar-refractivity contribution in [3.05, 3.63) is 12.5 Å². The first-order valence-electron chi connectivity index (χ1n) is 8.63. The fourth-order valence-corrected chi connectivity index (χ4v) is 4.33. The second kappa shape index (κ2) is 8.56. The zero-order valence-electron chi connectivity index (χ0n) is 14.6. The maximum absolute atomic E-state index is 12.7. The maximum atomic E-state index is 12.7. The largest absolute Gasteiger partial charge is 0.379 e. The average molecular weight is 373 g/mol. The quantitative estimate of drug-likeness (QED) is 0.638. The Balaban J connectivity index is 1.67. The molecule has 0 aliphatic carbocycles. The molecule has 0 bridgehead atoms. The van der Waals surface area contributed by atoms with Crippen molar-refractivity contribution >= 4 is 10.0 Å². The first-order valence-corrected chi connectivity index (χ1v) is 10.1. The fourth-order valence-electron chi connectivity index (χ4n) is 3.13. The zero-order valence-corrected chi connectivity index (χ0v) is 15.4. The Morgan fingerprint density at radius 2 is 1.60 bits per heavy atom. The fraction of sp³-hybridized carbons (Fsp3) is 0.800. The molecule has 0 amide bonds. The number of ether oxygens (including phenoxy) is 2. The second-order valence-corrected chi connectivity index (χ2v) is 8.18. The topological polar surface area (TPSA) is 88.9 Å². The Labute approximate surface area is 148 Å². The van der Waals surface area contributed by atoms with Crippen LogP contribution in [0.25, 0.3) is 0 Å². The van der Waals surface area contributed by atoms with Gasteiger partial charge in [-0.05, 0) is 0 Å². The van der Waals surface area contributed by atoms with Gasteiger partial charge in [-0.15, -0.1) is 0 Å².